The van der Waals surface area contributed by atoms with Gasteiger partial charge in [0.1, 0.15) is 11.9 Å². The van der Waals surface area contributed by atoms with Gasteiger partial charge in [-0.05, 0) is 62.1 Å². The first-order valence-electron chi connectivity index (χ1n) is 12.8. The lowest BCUT2D eigenvalue weighted by Crippen LogP contribution is -2.57. The predicted molar refractivity (Wildman–Crippen MR) is 155 cm³/mol. The third-order valence-corrected chi connectivity index (χ3v) is 8.68. The van der Waals surface area contributed by atoms with E-state index >= 15 is 0 Å². The van der Waals surface area contributed by atoms with Crippen LogP contribution in [0.15, 0.2) is 72.8 Å². The second kappa shape index (κ2) is 12.4. The molecule has 1 aliphatic heterocycles. The molecule has 0 saturated carbocycles. The summed E-state index contributed by atoms with van der Waals surface area (Å²) in [5.41, 5.74) is 3.35. The zero-order valence-corrected chi connectivity index (χ0v) is 23.7. The quantitative estimate of drug-likeness (QED) is 0.331. The number of aliphatic hydroxyl groups is 1. The molecule has 0 aliphatic carbocycles. The van der Waals surface area contributed by atoms with Gasteiger partial charge in [-0.1, -0.05) is 66.2 Å². The highest BCUT2D eigenvalue weighted by Gasteiger charge is 2.49. The second-order valence-corrected chi connectivity index (χ2v) is 12.2. The first-order chi connectivity index (χ1) is 18.6. The van der Waals surface area contributed by atoms with Gasteiger partial charge in [0.25, 0.3) is 5.91 Å². The van der Waals surface area contributed by atoms with E-state index in [4.69, 9.17) is 11.6 Å². The van der Waals surface area contributed by atoms with Gasteiger partial charge in [-0.3, -0.25) is 9.59 Å². The zero-order chi connectivity index (χ0) is 28.2. The molecule has 4 rings (SSSR count). The van der Waals surface area contributed by atoms with Gasteiger partial charge in [-0.2, -0.15) is 0 Å². The number of aryl methyl sites for hydroxylation is 1. The summed E-state index contributed by atoms with van der Waals surface area (Å²) in [6.07, 6.45) is -1.19. The van der Waals surface area contributed by atoms with Crippen molar-refractivity contribution in [2.24, 2.45) is 0 Å². The fourth-order valence-corrected chi connectivity index (χ4v) is 6.12. The van der Waals surface area contributed by atoms with Crippen LogP contribution < -0.4 is 10.6 Å². The number of carbonyl (C=O) groups excluding carboxylic acids is 2. The molecule has 0 spiro atoms. The Kier molecular flexibility index (Phi) is 9.20. The van der Waals surface area contributed by atoms with Crippen LogP contribution in [-0.4, -0.2) is 50.6 Å². The van der Waals surface area contributed by atoms with E-state index < -0.39 is 34.7 Å². The normalized spacial score (nSPS) is 17.9. The number of nitrogens with zero attached hydrogens (tertiary/aromatic N) is 1. The van der Waals surface area contributed by atoms with Crippen molar-refractivity contribution in [2.45, 2.75) is 56.7 Å². The molecule has 3 atom stereocenters. The molecule has 9 heteroatoms. The molecule has 1 saturated heterocycles. The van der Waals surface area contributed by atoms with Gasteiger partial charge in [-0.15, -0.1) is 11.8 Å². The molecule has 1 aliphatic rings. The number of hydrogen-bond acceptors (Lipinski definition) is 5. The summed E-state index contributed by atoms with van der Waals surface area (Å²) in [6.45, 7) is 6.17. The zero-order valence-electron chi connectivity index (χ0n) is 22.2. The van der Waals surface area contributed by atoms with E-state index in [0.29, 0.717) is 18.7 Å². The smallest absolute Gasteiger partial charge is 0.254 e. The Morgan fingerprint density at radius 3 is 2.51 bits per heavy atom. The molecule has 0 unspecified atom stereocenters. The van der Waals surface area contributed by atoms with Crippen LogP contribution in [0.2, 0.25) is 5.02 Å². The number of amides is 2. The van der Waals surface area contributed by atoms with E-state index in [1.807, 2.05) is 75.4 Å². The summed E-state index contributed by atoms with van der Waals surface area (Å²) in [5.74, 6) is -1.06. The lowest BCUT2D eigenvalue weighted by Gasteiger charge is -2.33. The van der Waals surface area contributed by atoms with Crippen molar-refractivity contribution >= 4 is 40.9 Å². The predicted octanol–water partition coefficient (Wildman–Crippen LogP) is 5.17. The Morgan fingerprint density at radius 1 is 1.13 bits per heavy atom. The maximum absolute atomic E-state index is 13.8. The maximum Gasteiger partial charge on any atom is 0.254 e. The van der Waals surface area contributed by atoms with Crippen molar-refractivity contribution in [2.75, 3.05) is 11.2 Å². The molecule has 0 bridgehead atoms. The van der Waals surface area contributed by atoms with Crippen molar-refractivity contribution in [1.29, 1.82) is 0 Å². The summed E-state index contributed by atoms with van der Waals surface area (Å²) in [4.78, 5) is 28.7. The first-order valence-corrected chi connectivity index (χ1v) is 14.1. The van der Waals surface area contributed by atoms with Gasteiger partial charge in [0.05, 0.1) is 22.6 Å². The second-order valence-electron chi connectivity index (χ2n) is 10.2. The van der Waals surface area contributed by atoms with Crippen molar-refractivity contribution < 1.29 is 19.1 Å². The number of benzene rings is 3. The van der Waals surface area contributed by atoms with Gasteiger partial charge in [-0.25, -0.2) is 4.39 Å². The van der Waals surface area contributed by atoms with E-state index in [-0.39, 0.29) is 16.8 Å². The summed E-state index contributed by atoms with van der Waals surface area (Å²) in [6, 6.07) is 19.6. The minimum atomic E-state index is -1.49. The highest BCUT2D eigenvalue weighted by molar-refractivity contribution is 8.00. The fourth-order valence-electron chi connectivity index (χ4n) is 4.76. The van der Waals surface area contributed by atoms with Crippen LogP contribution in [-0.2, 0) is 22.6 Å². The van der Waals surface area contributed by atoms with Crippen LogP contribution in [0.3, 0.4) is 0 Å². The van der Waals surface area contributed by atoms with E-state index in [1.165, 1.54) is 34.9 Å². The molecule has 39 heavy (non-hydrogen) atoms. The van der Waals surface area contributed by atoms with Gasteiger partial charge in [0.15, 0.2) is 6.10 Å². The molecule has 6 nitrogen and oxygen atoms in total. The number of carbonyl (C=O) groups is 2. The molecule has 2 amide bonds. The minimum absolute atomic E-state index is 0.138. The van der Waals surface area contributed by atoms with E-state index in [2.05, 4.69) is 10.6 Å². The van der Waals surface area contributed by atoms with Crippen LogP contribution in [0.4, 0.5) is 10.1 Å². The summed E-state index contributed by atoms with van der Waals surface area (Å²) in [7, 11) is 0. The number of aliphatic hydroxyl groups excluding tert-OH is 1. The number of nitrogens with one attached hydrogen (secondary N) is 2. The SMILES string of the molecule is Cc1ccccc1CNC(=O)[C@H]1N(C(=O)[C@@H](O)[C@H](Cc2ccccc2)Nc2ccc(F)cc2Cl)CSC1(C)C. The van der Waals surface area contributed by atoms with E-state index in [1.54, 1.807) is 0 Å². The topological polar surface area (TPSA) is 81.7 Å². The largest absolute Gasteiger partial charge is 0.381 e. The number of rotatable bonds is 9. The standard InChI is InChI=1S/C30H33ClFN3O3S/c1-19-9-7-8-12-21(19)17-33-28(37)27-30(2,3)39-18-35(27)29(38)26(36)25(15-20-10-5-4-6-11-20)34-24-14-13-22(32)16-23(24)31/h4-14,16,25-27,34,36H,15,17-18H2,1-3H3,(H,33,37)/t25-,26-,27+/m0/s1. The van der Waals surface area contributed by atoms with Crippen molar-refractivity contribution in [3.8, 4) is 0 Å². The Balaban J connectivity index is 1.55. The highest BCUT2D eigenvalue weighted by Crippen LogP contribution is 2.40. The van der Waals surface area contributed by atoms with E-state index in [0.717, 1.165) is 16.7 Å². The Bertz CT molecular complexity index is 1320. The summed E-state index contributed by atoms with van der Waals surface area (Å²) >= 11 is 7.74. The Hall–Kier alpha value is -3.07. The molecule has 3 N–H and O–H groups in total. The monoisotopic (exact) mass is 569 g/mol. The van der Waals surface area contributed by atoms with Gasteiger partial charge < -0.3 is 20.6 Å². The highest BCUT2D eigenvalue weighted by atomic mass is 35.5. The van der Waals surface area contributed by atoms with Gasteiger partial charge >= 0.3 is 0 Å². The molecule has 1 heterocycles. The molecule has 3 aromatic rings. The average molecular weight is 570 g/mol. The molecule has 0 aromatic heterocycles. The van der Waals surface area contributed by atoms with Crippen molar-refractivity contribution in [1.82, 2.24) is 10.2 Å². The van der Waals surface area contributed by atoms with Crippen molar-refractivity contribution in [3.05, 3.63) is 100 Å². The number of hydrogen-bond donors (Lipinski definition) is 3. The third-order valence-electron chi connectivity index (χ3n) is 7.00. The first kappa shape index (κ1) is 28.9. The van der Waals surface area contributed by atoms with Crippen LogP contribution in [0, 0.1) is 12.7 Å². The minimum Gasteiger partial charge on any atom is -0.381 e. The molecular weight excluding hydrogens is 537 g/mol. The fraction of sp³-hybridized carbons (Fsp3) is 0.333. The van der Waals surface area contributed by atoms with Crippen LogP contribution in [0.5, 0.6) is 0 Å². The average Bonchev–Trinajstić information content (AvgIpc) is 3.23. The van der Waals surface area contributed by atoms with Crippen LogP contribution in [0.25, 0.3) is 0 Å². The third kappa shape index (κ3) is 6.93. The van der Waals surface area contributed by atoms with E-state index in [9.17, 15) is 19.1 Å². The number of anilines is 1. The van der Waals surface area contributed by atoms with Crippen LogP contribution >= 0.6 is 23.4 Å². The lowest BCUT2D eigenvalue weighted by atomic mass is 9.97. The number of halogens is 2. The molecule has 3 aromatic carbocycles. The molecular formula is C30H33ClFN3O3S. The Morgan fingerprint density at radius 2 is 1.82 bits per heavy atom. The summed E-state index contributed by atoms with van der Waals surface area (Å²) in [5, 5.41) is 17.7. The van der Waals surface area contributed by atoms with Crippen LogP contribution in [0.1, 0.15) is 30.5 Å². The molecule has 1 fully saturated rings. The maximum atomic E-state index is 13.8. The number of thioether (sulfide) groups is 1. The molecule has 0 radical (unpaired) electrons. The lowest BCUT2D eigenvalue weighted by molar-refractivity contribution is -0.146. The Labute approximate surface area is 237 Å². The molecule has 206 valence electrons. The van der Waals surface area contributed by atoms with Gasteiger partial charge in [0, 0.05) is 11.3 Å². The van der Waals surface area contributed by atoms with Gasteiger partial charge in [0.2, 0.25) is 5.91 Å². The van der Waals surface area contributed by atoms with Crippen molar-refractivity contribution in [3.63, 3.8) is 0 Å². The summed E-state index contributed by atoms with van der Waals surface area (Å²) < 4.78 is 13.1.